The summed E-state index contributed by atoms with van der Waals surface area (Å²) < 4.78 is 27.3. The molecular weight excluding hydrogens is 537 g/mol. The number of halogens is 1. The molecule has 42 heavy (non-hydrogen) atoms. The summed E-state index contributed by atoms with van der Waals surface area (Å²) in [5, 5.41) is 6.42. The topological polar surface area (TPSA) is 97.7 Å². The third-order valence-corrected chi connectivity index (χ3v) is 8.12. The molecule has 3 atom stereocenters. The molecule has 0 unspecified atom stereocenters. The van der Waals surface area contributed by atoms with Gasteiger partial charge in [0.25, 0.3) is 5.91 Å². The van der Waals surface area contributed by atoms with Crippen LogP contribution in [0, 0.1) is 12.7 Å². The Morgan fingerprint density at radius 3 is 2.74 bits per heavy atom. The van der Waals surface area contributed by atoms with Gasteiger partial charge in [-0.25, -0.2) is 14.2 Å². The number of hydrogen-bond acceptors (Lipinski definition) is 6. The zero-order valence-corrected chi connectivity index (χ0v) is 24.4. The van der Waals surface area contributed by atoms with Gasteiger partial charge in [0.2, 0.25) is 0 Å². The maximum Gasteiger partial charge on any atom is 0.407 e. The SMILES string of the molecule is CCOC(=O)N[C@H]1CCCC[C@@H]1n1cnc(C(=O)N2CCNC[C@H]2CCOc2ccc(C)cc2F)c1-c1ccccc1. The quantitative estimate of drug-likeness (QED) is 0.367. The third kappa shape index (κ3) is 6.75. The fourth-order valence-corrected chi connectivity index (χ4v) is 6.04. The van der Waals surface area contributed by atoms with E-state index in [1.165, 1.54) is 6.07 Å². The minimum atomic E-state index is -0.427. The van der Waals surface area contributed by atoms with E-state index >= 15 is 0 Å². The molecule has 2 aliphatic rings. The van der Waals surface area contributed by atoms with Crippen LogP contribution in [-0.2, 0) is 4.74 Å². The summed E-state index contributed by atoms with van der Waals surface area (Å²) in [6, 6.07) is 14.4. The average molecular weight is 578 g/mol. The molecule has 1 saturated carbocycles. The molecule has 3 aromatic rings. The summed E-state index contributed by atoms with van der Waals surface area (Å²) in [6.45, 7) is 6.01. The Morgan fingerprint density at radius 2 is 1.95 bits per heavy atom. The molecule has 224 valence electrons. The first-order chi connectivity index (χ1) is 20.5. The second kappa shape index (κ2) is 13.8. The van der Waals surface area contributed by atoms with Crippen LogP contribution in [0.5, 0.6) is 5.75 Å². The number of nitrogens with one attached hydrogen (secondary N) is 2. The number of benzene rings is 2. The van der Waals surface area contributed by atoms with E-state index in [-0.39, 0.29) is 42.2 Å². The summed E-state index contributed by atoms with van der Waals surface area (Å²) in [6.07, 6.45) is 5.55. The van der Waals surface area contributed by atoms with Crippen molar-refractivity contribution in [2.75, 3.05) is 32.8 Å². The molecule has 1 aliphatic heterocycles. The number of rotatable bonds is 9. The highest BCUT2D eigenvalue weighted by Gasteiger charge is 2.35. The van der Waals surface area contributed by atoms with Gasteiger partial charge in [-0.2, -0.15) is 0 Å². The number of ether oxygens (including phenoxy) is 2. The average Bonchev–Trinajstić information content (AvgIpc) is 3.44. The van der Waals surface area contributed by atoms with Crippen molar-refractivity contribution in [3.8, 4) is 17.0 Å². The Morgan fingerprint density at radius 1 is 1.14 bits per heavy atom. The van der Waals surface area contributed by atoms with Crippen LogP contribution in [-0.4, -0.2) is 71.4 Å². The van der Waals surface area contributed by atoms with Crippen molar-refractivity contribution in [1.82, 2.24) is 25.1 Å². The highest BCUT2D eigenvalue weighted by molar-refractivity contribution is 5.98. The lowest BCUT2D eigenvalue weighted by atomic mass is 9.89. The highest BCUT2D eigenvalue weighted by atomic mass is 19.1. The lowest BCUT2D eigenvalue weighted by Crippen LogP contribution is -2.54. The number of aryl methyl sites for hydroxylation is 1. The van der Waals surface area contributed by atoms with Gasteiger partial charge >= 0.3 is 6.09 Å². The van der Waals surface area contributed by atoms with Crippen molar-refractivity contribution in [3.05, 3.63) is 71.9 Å². The van der Waals surface area contributed by atoms with E-state index in [2.05, 4.69) is 15.2 Å². The summed E-state index contributed by atoms with van der Waals surface area (Å²) in [5.74, 6) is -0.321. The van der Waals surface area contributed by atoms with E-state index < -0.39 is 6.09 Å². The van der Waals surface area contributed by atoms with Crippen LogP contribution in [0.15, 0.2) is 54.9 Å². The van der Waals surface area contributed by atoms with Gasteiger partial charge in [-0.15, -0.1) is 0 Å². The Balaban J connectivity index is 1.40. The van der Waals surface area contributed by atoms with Gasteiger partial charge in [0, 0.05) is 37.7 Å². The van der Waals surface area contributed by atoms with Crippen LogP contribution in [0.25, 0.3) is 11.3 Å². The van der Waals surface area contributed by atoms with Crippen molar-refractivity contribution in [1.29, 1.82) is 0 Å². The second-order valence-electron chi connectivity index (χ2n) is 11.0. The summed E-state index contributed by atoms with van der Waals surface area (Å²) in [5.41, 5.74) is 2.86. The maximum absolute atomic E-state index is 14.3. The summed E-state index contributed by atoms with van der Waals surface area (Å²) in [4.78, 5) is 33.1. The van der Waals surface area contributed by atoms with E-state index in [1.807, 2.05) is 48.2 Å². The molecule has 9 nitrogen and oxygen atoms in total. The van der Waals surface area contributed by atoms with Crippen LogP contribution in [0.1, 0.15) is 61.1 Å². The van der Waals surface area contributed by atoms with E-state index in [9.17, 15) is 14.0 Å². The number of amides is 2. The van der Waals surface area contributed by atoms with Gasteiger partial charge in [-0.05, 0) is 44.4 Å². The normalized spacial score (nSPS) is 20.6. The first-order valence-corrected chi connectivity index (χ1v) is 14.9. The predicted molar refractivity (Wildman–Crippen MR) is 158 cm³/mol. The number of alkyl carbamates (subject to hydrolysis) is 1. The van der Waals surface area contributed by atoms with Crippen LogP contribution in [0.3, 0.4) is 0 Å². The van der Waals surface area contributed by atoms with Gasteiger partial charge < -0.3 is 29.6 Å². The first-order valence-electron chi connectivity index (χ1n) is 14.9. The van der Waals surface area contributed by atoms with Crippen LogP contribution < -0.4 is 15.4 Å². The molecule has 0 spiro atoms. The van der Waals surface area contributed by atoms with Gasteiger partial charge in [-0.1, -0.05) is 49.2 Å². The number of nitrogens with zero attached hydrogens (tertiary/aromatic N) is 3. The van der Waals surface area contributed by atoms with Crippen molar-refractivity contribution in [2.45, 2.75) is 64.1 Å². The minimum Gasteiger partial charge on any atom is -0.490 e. The lowest BCUT2D eigenvalue weighted by Gasteiger charge is -2.36. The molecular formula is C32H40FN5O4. The van der Waals surface area contributed by atoms with Crippen molar-refractivity contribution in [3.63, 3.8) is 0 Å². The van der Waals surface area contributed by atoms with Crippen molar-refractivity contribution in [2.24, 2.45) is 0 Å². The van der Waals surface area contributed by atoms with E-state index in [1.54, 1.807) is 19.3 Å². The predicted octanol–water partition coefficient (Wildman–Crippen LogP) is 5.11. The number of hydrogen-bond donors (Lipinski definition) is 2. The van der Waals surface area contributed by atoms with E-state index in [0.717, 1.165) is 42.5 Å². The molecule has 2 fully saturated rings. The van der Waals surface area contributed by atoms with Crippen LogP contribution >= 0.6 is 0 Å². The summed E-state index contributed by atoms with van der Waals surface area (Å²) >= 11 is 0. The molecule has 5 rings (SSSR count). The standard InChI is InChI=1S/C32H40FN5O4/c1-3-41-32(40)36-26-11-7-8-12-27(26)38-21-35-29(30(38)23-9-5-4-6-10-23)31(39)37-17-16-34-20-24(37)15-18-42-28-14-13-22(2)19-25(28)33/h4-6,9-10,13-14,19,21,24,26-27,34H,3,7-8,11-12,15-18,20H2,1-2H3,(H,36,40)/t24-,26+,27+/m1/s1. The summed E-state index contributed by atoms with van der Waals surface area (Å²) in [7, 11) is 0. The maximum atomic E-state index is 14.3. The zero-order valence-electron chi connectivity index (χ0n) is 24.4. The van der Waals surface area contributed by atoms with E-state index in [4.69, 9.17) is 14.5 Å². The molecule has 1 aromatic heterocycles. The number of piperazine rings is 1. The van der Waals surface area contributed by atoms with Crippen LogP contribution in [0.2, 0.25) is 0 Å². The van der Waals surface area contributed by atoms with Gasteiger partial charge in [0.1, 0.15) is 0 Å². The second-order valence-corrected chi connectivity index (χ2v) is 11.0. The fraction of sp³-hybridized carbons (Fsp3) is 0.469. The monoisotopic (exact) mass is 577 g/mol. The molecule has 10 heteroatoms. The molecule has 2 amide bonds. The Bertz CT molecular complexity index is 1360. The number of imidazole rings is 1. The van der Waals surface area contributed by atoms with Crippen molar-refractivity contribution < 1.29 is 23.5 Å². The number of carbonyl (C=O) groups is 2. The van der Waals surface area contributed by atoms with E-state index in [0.29, 0.717) is 38.4 Å². The smallest absolute Gasteiger partial charge is 0.407 e. The largest absolute Gasteiger partial charge is 0.490 e. The molecule has 0 bridgehead atoms. The first kappa shape index (κ1) is 29.6. The molecule has 1 saturated heterocycles. The lowest BCUT2D eigenvalue weighted by molar-refractivity contribution is 0.0600. The van der Waals surface area contributed by atoms with Gasteiger partial charge in [0.15, 0.2) is 17.3 Å². The highest BCUT2D eigenvalue weighted by Crippen LogP contribution is 2.35. The molecule has 2 aromatic carbocycles. The molecule has 2 heterocycles. The fourth-order valence-electron chi connectivity index (χ4n) is 6.04. The Hall–Kier alpha value is -3.92. The van der Waals surface area contributed by atoms with Gasteiger partial charge in [-0.3, -0.25) is 4.79 Å². The zero-order chi connectivity index (χ0) is 29.5. The minimum absolute atomic E-state index is 0.0657. The van der Waals surface area contributed by atoms with Crippen LogP contribution in [0.4, 0.5) is 9.18 Å². The molecule has 0 radical (unpaired) electrons. The van der Waals surface area contributed by atoms with Gasteiger partial charge in [0.05, 0.1) is 37.3 Å². The number of carbonyl (C=O) groups excluding carboxylic acids is 2. The Kier molecular flexibility index (Phi) is 9.74. The van der Waals surface area contributed by atoms with Crippen molar-refractivity contribution >= 4 is 12.0 Å². The molecule has 1 aliphatic carbocycles. The number of aromatic nitrogens is 2. The Labute approximate surface area is 246 Å². The third-order valence-electron chi connectivity index (χ3n) is 8.12. The molecule has 2 N–H and O–H groups in total.